The Balaban J connectivity index is 2.04. The van der Waals surface area contributed by atoms with Crippen LogP contribution in [-0.4, -0.2) is 46.0 Å². The second kappa shape index (κ2) is 6.19. The van der Waals surface area contributed by atoms with E-state index in [1.54, 1.807) is 17.1 Å². The molecule has 5 heteroatoms. The minimum absolute atomic E-state index is 0.105. The lowest BCUT2D eigenvalue weighted by Gasteiger charge is -2.38. The first-order chi connectivity index (χ1) is 9.17. The summed E-state index contributed by atoms with van der Waals surface area (Å²) in [7, 11) is 1.86. The molecule has 0 bridgehead atoms. The number of piperidine rings is 1. The van der Waals surface area contributed by atoms with Crippen molar-refractivity contribution in [2.45, 2.75) is 32.7 Å². The van der Waals surface area contributed by atoms with Gasteiger partial charge in [-0.3, -0.25) is 4.79 Å². The smallest absolute Gasteiger partial charge is 0.272 e. The Labute approximate surface area is 115 Å². The van der Waals surface area contributed by atoms with Gasteiger partial charge in [0.25, 0.3) is 5.91 Å². The molecule has 106 valence electrons. The Morgan fingerprint density at radius 1 is 1.53 bits per heavy atom. The van der Waals surface area contributed by atoms with Crippen molar-refractivity contribution in [1.82, 2.24) is 19.8 Å². The molecule has 0 aliphatic carbocycles. The van der Waals surface area contributed by atoms with Crippen molar-refractivity contribution >= 4 is 5.91 Å². The molecule has 2 heterocycles. The van der Waals surface area contributed by atoms with Gasteiger partial charge in [-0.2, -0.15) is 0 Å². The molecule has 2 rings (SSSR count). The zero-order valence-electron chi connectivity index (χ0n) is 12.1. The van der Waals surface area contributed by atoms with Crippen LogP contribution in [0.4, 0.5) is 0 Å². The van der Waals surface area contributed by atoms with E-state index in [0.29, 0.717) is 17.7 Å². The Morgan fingerprint density at radius 2 is 2.32 bits per heavy atom. The van der Waals surface area contributed by atoms with Gasteiger partial charge < -0.3 is 14.8 Å². The lowest BCUT2D eigenvalue weighted by Crippen LogP contribution is -2.51. The third-order valence-corrected chi connectivity index (χ3v) is 4.05. The van der Waals surface area contributed by atoms with E-state index in [1.807, 2.05) is 11.9 Å². The number of carbonyl (C=O) groups excluding carboxylic acids is 1. The van der Waals surface area contributed by atoms with E-state index in [-0.39, 0.29) is 5.91 Å². The number of nitrogens with zero attached hydrogens (tertiary/aromatic N) is 3. The number of hydrogen-bond donors (Lipinski definition) is 1. The van der Waals surface area contributed by atoms with Crippen LogP contribution in [0.25, 0.3) is 0 Å². The molecule has 1 fully saturated rings. The molecule has 1 saturated heterocycles. The number of aromatic nitrogens is 2. The number of imidazole rings is 1. The van der Waals surface area contributed by atoms with Crippen molar-refractivity contribution in [2.75, 3.05) is 19.6 Å². The van der Waals surface area contributed by atoms with Crippen LogP contribution in [0.2, 0.25) is 0 Å². The fraction of sp³-hybridized carbons (Fsp3) is 0.714. The van der Waals surface area contributed by atoms with E-state index in [1.165, 1.54) is 0 Å². The normalized spacial score (nSPS) is 23.6. The summed E-state index contributed by atoms with van der Waals surface area (Å²) in [6, 6.07) is 0.547. The third-order valence-electron chi connectivity index (χ3n) is 4.05. The van der Waals surface area contributed by atoms with E-state index in [4.69, 9.17) is 0 Å². The van der Waals surface area contributed by atoms with Gasteiger partial charge in [-0.25, -0.2) is 4.98 Å². The van der Waals surface area contributed by atoms with Crippen molar-refractivity contribution in [2.24, 2.45) is 13.0 Å². The summed E-state index contributed by atoms with van der Waals surface area (Å²) in [5.74, 6) is 0.652. The number of nitrogens with one attached hydrogen (secondary N) is 1. The Bertz CT molecular complexity index is 429. The van der Waals surface area contributed by atoms with E-state index in [0.717, 1.165) is 32.5 Å². The fourth-order valence-corrected chi connectivity index (χ4v) is 2.89. The molecule has 0 radical (unpaired) electrons. The predicted molar refractivity (Wildman–Crippen MR) is 75.0 cm³/mol. The third kappa shape index (κ3) is 2.97. The van der Waals surface area contributed by atoms with E-state index in [9.17, 15) is 4.79 Å². The van der Waals surface area contributed by atoms with E-state index < -0.39 is 0 Å². The Hall–Kier alpha value is -1.36. The van der Waals surface area contributed by atoms with Crippen LogP contribution in [0.15, 0.2) is 12.5 Å². The van der Waals surface area contributed by atoms with Crippen LogP contribution in [-0.2, 0) is 7.05 Å². The molecule has 19 heavy (non-hydrogen) atoms. The summed E-state index contributed by atoms with van der Waals surface area (Å²) in [5.41, 5.74) is 0.678. The van der Waals surface area contributed by atoms with Gasteiger partial charge >= 0.3 is 0 Å². The van der Waals surface area contributed by atoms with Crippen molar-refractivity contribution in [1.29, 1.82) is 0 Å². The molecule has 0 aromatic carbocycles. The molecule has 0 saturated carbocycles. The largest absolute Gasteiger partial charge is 0.337 e. The van der Waals surface area contributed by atoms with Gasteiger partial charge in [-0.1, -0.05) is 20.3 Å². The highest BCUT2D eigenvalue weighted by atomic mass is 16.2. The first kappa shape index (κ1) is 14.1. The lowest BCUT2D eigenvalue weighted by molar-refractivity contribution is 0.0618. The van der Waals surface area contributed by atoms with Gasteiger partial charge in [0.1, 0.15) is 5.69 Å². The highest BCUT2D eigenvalue weighted by Gasteiger charge is 2.30. The van der Waals surface area contributed by atoms with Crippen LogP contribution < -0.4 is 5.32 Å². The summed E-state index contributed by atoms with van der Waals surface area (Å²) in [6.07, 6.45) is 5.47. The second-order valence-corrected chi connectivity index (χ2v) is 5.26. The van der Waals surface area contributed by atoms with Gasteiger partial charge in [0.15, 0.2) is 0 Å². The van der Waals surface area contributed by atoms with Crippen LogP contribution in [0.3, 0.4) is 0 Å². The van der Waals surface area contributed by atoms with Crippen LogP contribution in [0.1, 0.15) is 37.2 Å². The number of carbonyl (C=O) groups is 1. The van der Waals surface area contributed by atoms with Gasteiger partial charge in [-0.15, -0.1) is 0 Å². The standard InChI is InChI=1S/C14H24N4O/c1-4-11-9-18(7-6-12(11)16-5-2)14(19)13-8-15-10-17(13)3/h8,10-12,16H,4-7,9H2,1-3H3. The van der Waals surface area contributed by atoms with Gasteiger partial charge in [0.05, 0.1) is 12.5 Å². The lowest BCUT2D eigenvalue weighted by atomic mass is 9.89. The van der Waals surface area contributed by atoms with Crippen molar-refractivity contribution < 1.29 is 4.79 Å². The average molecular weight is 264 g/mol. The van der Waals surface area contributed by atoms with Crippen molar-refractivity contribution in [3.63, 3.8) is 0 Å². The summed E-state index contributed by atoms with van der Waals surface area (Å²) >= 11 is 0. The van der Waals surface area contributed by atoms with Gasteiger partial charge in [0, 0.05) is 26.2 Å². The number of rotatable bonds is 4. The quantitative estimate of drug-likeness (QED) is 0.891. The highest BCUT2D eigenvalue weighted by Crippen LogP contribution is 2.21. The summed E-state index contributed by atoms with van der Waals surface area (Å²) in [6.45, 7) is 7.01. The molecule has 2 atom stereocenters. The maximum atomic E-state index is 12.5. The summed E-state index contributed by atoms with van der Waals surface area (Å²) in [5, 5.41) is 3.54. The SMILES string of the molecule is CCNC1CCN(C(=O)c2cncn2C)CC1CC. The Kier molecular flexibility index (Phi) is 4.58. The minimum atomic E-state index is 0.105. The molecule has 1 aromatic rings. The zero-order valence-corrected chi connectivity index (χ0v) is 12.1. The maximum Gasteiger partial charge on any atom is 0.272 e. The molecular formula is C14H24N4O. The molecule has 1 N–H and O–H groups in total. The molecule has 5 nitrogen and oxygen atoms in total. The number of likely N-dealkylation sites (tertiary alicyclic amines) is 1. The molecule has 1 amide bonds. The van der Waals surface area contributed by atoms with Crippen LogP contribution in [0.5, 0.6) is 0 Å². The summed E-state index contributed by atoms with van der Waals surface area (Å²) < 4.78 is 1.79. The van der Waals surface area contributed by atoms with Crippen LogP contribution in [0, 0.1) is 5.92 Å². The van der Waals surface area contributed by atoms with Crippen molar-refractivity contribution in [3.8, 4) is 0 Å². The molecule has 1 aliphatic rings. The topological polar surface area (TPSA) is 50.2 Å². The molecule has 1 aromatic heterocycles. The average Bonchev–Trinajstić information content (AvgIpc) is 2.85. The van der Waals surface area contributed by atoms with Gasteiger partial charge in [0.2, 0.25) is 0 Å². The second-order valence-electron chi connectivity index (χ2n) is 5.26. The number of aryl methyl sites for hydroxylation is 1. The zero-order chi connectivity index (χ0) is 13.8. The maximum absolute atomic E-state index is 12.5. The van der Waals surface area contributed by atoms with Gasteiger partial charge in [-0.05, 0) is 18.9 Å². The Morgan fingerprint density at radius 3 is 2.89 bits per heavy atom. The number of amides is 1. The minimum Gasteiger partial charge on any atom is -0.337 e. The van der Waals surface area contributed by atoms with Crippen molar-refractivity contribution in [3.05, 3.63) is 18.2 Å². The predicted octanol–water partition coefficient (Wildman–Crippen LogP) is 1.27. The van der Waals surface area contributed by atoms with E-state index >= 15 is 0 Å². The molecule has 1 aliphatic heterocycles. The monoisotopic (exact) mass is 264 g/mol. The summed E-state index contributed by atoms with van der Waals surface area (Å²) in [4.78, 5) is 18.4. The molecular weight excluding hydrogens is 240 g/mol. The van der Waals surface area contributed by atoms with E-state index in [2.05, 4.69) is 24.1 Å². The van der Waals surface area contributed by atoms with Crippen LogP contribution >= 0.6 is 0 Å². The fourth-order valence-electron chi connectivity index (χ4n) is 2.89. The first-order valence-corrected chi connectivity index (χ1v) is 7.16. The molecule has 0 spiro atoms. The number of hydrogen-bond acceptors (Lipinski definition) is 3. The molecule has 2 unspecified atom stereocenters. The first-order valence-electron chi connectivity index (χ1n) is 7.16. The highest BCUT2D eigenvalue weighted by molar-refractivity contribution is 5.92.